The molecule has 1 heterocycles. The Morgan fingerprint density at radius 1 is 1.54 bits per heavy atom. The molecule has 0 aliphatic rings. The third-order valence-corrected chi connectivity index (χ3v) is 1.79. The molecule has 0 saturated carbocycles. The van der Waals surface area contributed by atoms with Crippen LogP contribution in [0, 0.1) is 0 Å². The van der Waals surface area contributed by atoms with Crippen LogP contribution in [0.2, 0.25) is 0 Å². The minimum Gasteiger partial charge on any atom is -0.325 e. The number of nitrogens with zero attached hydrogens (tertiary/aromatic N) is 4. The molecule has 0 atom stereocenters. The predicted octanol–water partition coefficient (Wildman–Crippen LogP) is -0.311. The number of nitrogens with two attached hydrogens (primary N) is 1. The lowest BCUT2D eigenvalue weighted by molar-refractivity contribution is 0.379. The van der Waals surface area contributed by atoms with Gasteiger partial charge in [-0.3, -0.25) is 4.68 Å². The van der Waals surface area contributed by atoms with E-state index in [9.17, 15) is 0 Å². The zero-order chi connectivity index (χ0) is 9.68. The Bertz CT molecular complexity index is 242. The van der Waals surface area contributed by atoms with Gasteiger partial charge >= 0.3 is 0 Å². The summed E-state index contributed by atoms with van der Waals surface area (Å²) in [5.74, 6) is 0. The van der Waals surface area contributed by atoms with E-state index < -0.39 is 0 Å². The minimum absolute atomic E-state index is 0.466. The van der Waals surface area contributed by atoms with Gasteiger partial charge in [0.1, 0.15) is 0 Å². The van der Waals surface area contributed by atoms with Crippen molar-refractivity contribution in [3.63, 3.8) is 0 Å². The molecule has 74 valence electrons. The van der Waals surface area contributed by atoms with Crippen LogP contribution in [0.25, 0.3) is 0 Å². The van der Waals surface area contributed by atoms with Gasteiger partial charge in [-0.25, -0.2) is 0 Å². The molecule has 1 rings (SSSR count). The van der Waals surface area contributed by atoms with Crippen LogP contribution in [0.15, 0.2) is 6.20 Å². The number of rotatable bonds is 5. The van der Waals surface area contributed by atoms with E-state index in [0.29, 0.717) is 6.54 Å². The highest BCUT2D eigenvalue weighted by Crippen LogP contribution is 1.93. The lowest BCUT2D eigenvalue weighted by Gasteiger charge is -2.07. The topological polar surface area (TPSA) is 60.0 Å². The van der Waals surface area contributed by atoms with E-state index in [1.54, 1.807) is 0 Å². The monoisotopic (exact) mass is 183 g/mol. The third kappa shape index (κ3) is 3.52. The Kier molecular flexibility index (Phi) is 3.85. The Morgan fingerprint density at radius 3 is 2.85 bits per heavy atom. The molecule has 0 aromatic carbocycles. The largest absolute Gasteiger partial charge is 0.325 e. The highest BCUT2D eigenvalue weighted by atomic mass is 15.4. The summed E-state index contributed by atoms with van der Waals surface area (Å²) in [6.07, 6.45) is 2.98. The Morgan fingerprint density at radius 2 is 2.31 bits per heavy atom. The molecule has 0 unspecified atom stereocenters. The number of hydrogen-bond donors (Lipinski definition) is 1. The second kappa shape index (κ2) is 4.94. The van der Waals surface area contributed by atoms with E-state index in [-0.39, 0.29) is 0 Å². The molecular weight excluding hydrogens is 166 g/mol. The van der Waals surface area contributed by atoms with E-state index in [1.165, 1.54) is 0 Å². The standard InChI is InChI=1S/C8H17N5/c1-12(2)4-3-5-13-7-8(6-9)10-11-13/h7H,3-6,9H2,1-2H3. The number of aromatic nitrogens is 3. The van der Waals surface area contributed by atoms with E-state index in [1.807, 2.05) is 10.9 Å². The van der Waals surface area contributed by atoms with Crippen LogP contribution < -0.4 is 5.73 Å². The smallest absolute Gasteiger partial charge is 0.0962 e. The summed E-state index contributed by atoms with van der Waals surface area (Å²) in [5, 5.41) is 7.86. The summed E-state index contributed by atoms with van der Waals surface area (Å²) in [6, 6.07) is 0. The van der Waals surface area contributed by atoms with Gasteiger partial charge in [0.25, 0.3) is 0 Å². The fourth-order valence-corrected chi connectivity index (χ4v) is 1.09. The van der Waals surface area contributed by atoms with Gasteiger partial charge in [-0.2, -0.15) is 0 Å². The highest BCUT2D eigenvalue weighted by molar-refractivity contribution is 4.90. The molecule has 0 spiro atoms. The molecule has 0 bridgehead atoms. The van der Waals surface area contributed by atoms with Crippen molar-refractivity contribution in [2.75, 3.05) is 20.6 Å². The summed E-state index contributed by atoms with van der Waals surface area (Å²) >= 11 is 0. The van der Waals surface area contributed by atoms with Crippen LogP contribution in [-0.2, 0) is 13.1 Å². The van der Waals surface area contributed by atoms with Crippen LogP contribution in [0.4, 0.5) is 0 Å². The molecule has 0 fully saturated rings. The maximum atomic E-state index is 5.42. The van der Waals surface area contributed by atoms with Crippen molar-refractivity contribution in [1.29, 1.82) is 0 Å². The average Bonchev–Trinajstić information content (AvgIpc) is 2.52. The van der Waals surface area contributed by atoms with Crippen molar-refractivity contribution in [3.8, 4) is 0 Å². The van der Waals surface area contributed by atoms with Crippen LogP contribution >= 0.6 is 0 Å². The second-order valence-electron chi connectivity index (χ2n) is 3.33. The molecule has 0 amide bonds. The lowest BCUT2D eigenvalue weighted by atomic mass is 10.4. The maximum absolute atomic E-state index is 5.42. The van der Waals surface area contributed by atoms with E-state index in [0.717, 1.165) is 25.2 Å². The zero-order valence-electron chi connectivity index (χ0n) is 8.27. The van der Waals surface area contributed by atoms with E-state index in [4.69, 9.17) is 5.73 Å². The second-order valence-corrected chi connectivity index (χ2v) is 3.33. The van der Waals surface area contributed by atoms with Gasteiger partial charge in [-0.1, -0.05) is 5.21 Å². The van der Waals surface area contributed by atoms with Gasteiger partial charge in [-0.15, -0.1) is 5.10 Å². The first-order valence-corrected chi connectivity index (χ1v) is 4.46. The molecule has 0 aliphatic carbocycles. The molecule has 5 nitrogen and oxygen atoms in total. The molecule has 0 saturated heterocycles. The van der Waals surface area contributed by atoms with Gasteiger partial charge in [0.05, 0.1) is 5.69 Å². The lowest BCUT2D eigenvalue weighted by Crippen LogP contribution is -2.15. The van der Waals surface area contributed by atoms with Crippen molar-refractivity contribution in [2.45, 2.75) is 19.5 Å². The summed E-state index contributed by atoms with van der Waals surface area (Å²) in [5.41, 5.74) is 6.27. The van der Waals surface area contributed by atoms with Crippen molar-refractivity contribution in [3.05, 3.63) is 11.9 Å². The van der Waals surface area contributed by atoms with Crippen molar-refractivity contribution >= 4 is 0 Å². The first-order chi connectivity index (χ1) is 6.22. The van der Waals surface area contributed by atoms with Crippen LogP contribution in [0.3, 0.4) is 0 Å². The molecule has 1 aromatic rings. The Labute approximate surface area is 78.5 Å². The molecular formula is C8H17N5. The van der Waals surface area contributed by atoms with E-state index >= 15 is 0 Å². The molecule has 13 heavy (non-hydrogen) atoms. The summed E-state index contributed by atoms with van der Waals surface area (Å²) in [6.45, 7) is 2.44. The molecule has 1 aromatic heterocycles. The minimum atomic E-state index is 0.466. The summed E-state index contributed by atoms with van der Waals surface area (Å²) in [7, 11) is 4.12. The van der Waals surface area contributed by atoms with Crippen molar-refractivity contribution in [1.82, 2.24) is 19.9 Å². The summed E-state index contributed by atoms with van der Waals surface area (Å²) < 4.78 is 1.84. The van der Waals surface area contributed by atoms with Crippen molar-refractivity contribution in [2.24, 2.45) is 5.73 Å². The van der Waals surface area contributed by atoms with Gasteiger partial charge < -0.3 is 10.6 Å². The normalized spacial score (nSPS) is 11.1. The fourth-order valence-electron chi connectivity index (χ4n) is 1.09. The molecule has 2 N–H and O–H groups in total. The van der Waals surface area contributed by atoms with Crippen molar-refractivity contribution < 1.29 is 0 Å². The van der Waals surface area contributed by atoms with Crippen LogP contribution in [0.1, 0.15) is 12.1 Å². The quantitative estimate of drug-likeness (QED) is 0.680. The molecule has 0 radical (unpaired) electrons. The van der Waals surface area contributed by atoms with Gasteiger partial charge in [0.2, 0.25) is 0 Å². The first kappa shape index (κ1) is 10.1. The summed E-state index contributed by atoms with van der Waals surface area (Å²) in [4.78, 5) is 2.15. The first-order valence-electron chi connectivity index (χ1n) is 4.46. The van der Waals surface area contributed by atoms with Gasteiger partial charge in [0.15, 0.2) is 0 Å². The number of hydrogen-bond acceptors (Lipinski definition) is 4. The predicted molar refractivity (Wildman–Crippen MR) is 51.1 cm³/mol. The molecule has 5 heteroatoms. The highest BCUT2D eigenvalue weighted by Gasteiger charge is 1.97. The Balaban J connectivity index is 2.28. The number of aryl methyl sites for hydroxylation is 1. The average molecular weight is 183 g/mol. The van der Waals surface area contributed by atoms with E-state index in [2.05, 4.69) is 29.3 Å². The van der Waals surface area contributed by atoms with Gasteiger partial charge in [-0.05, 0) is 27.1 Å². The zero-order valence-corrected chi connectivity index (χ0v) is 8.27. The molecule has 0 aliphatic heterocycles. The van der Waals surface area contributed by atoms with Crippen LogP contribution in [0.5, 0.6) is 0 Å². The Hall–Kier alpha value is -0.940. The maximum Gasteiger partial charge on any atom is 0.0962 e. The van der Waals surface area contributed by atoms with Gasteiger partial charge in [0, 0.05) is 19.3 Å². The fraction of sp³-hybridized carbons (Fsp3) is 0.750. The van der Waals surface area contributed by atoms with Crippen LogP contribution in [-0.4, -0.2) is 40.5 Å². The SMILES string of the molecule is CN(C)CCCn1cc(CN)nn1. The third-order valence-electron chi connectivity index (χ3n) is 1.79.